The van der Waals surface area contributed by atoms with Crippen molar-refractivity contribution in [1.29, 1.82) is 0 Å². The number of amidine groups is 1. The smallest absolute Gasteiger partial charge is 0.338 e. The topological polar surface area (TPSA) is 96.3 Å². The Labute approximate surface area is 198 Å². The molecule has 174 valence electrons. The molecule has 2 aromatic rings. The van der Waals surface area contributed by atoms with Crippen molar-refractivity contribution in [2.75, 3.05) is 33.4 Å². The molecule has 2 fully saturated rings. The number of esters is 1. The Bertz CT molecular complexity index is 1140. The predicted molar refractivity (Wildman–Crippen MR) is 121 cm³/mol. The zero-order valence-corrected chi connectivity index (χ0v) is 19.3. The van der Waals surface area contributed by atoms with E-state index in [-0.39, 0.29) is 17.7 Å². The van der Waals surface area contributed by atoms with Crippen LogP contribution < -0.4 is 5.32 Å². The second-order valence-corrected chi connectivity index (χ2v) is 9.61. The lowest BCUT2D eigenvalue weighted by molar-refractivity contribution is -0.136. The molecule has 0 radical (unpaired) electrons. The first-order valence-electron chi connectivity index (χ1n) is 10.4. The summed E-state index contributed by atoms with van der Waals surface area (Å²) in [7, 11) is 1.31. The summed E-state index contributed by atoms with van der Waals surface area (Å²) in [5.74, 6) is -0.536. The van der Waals surface area contributed by atoms with E-state index in [9.17, 15) is 14.3 Å². The Hall–Kier alpha value is -2.37. The number of hydrogen-bond acceptors (Lipinski definition) is 9. The molecule has 0 spiro atoms. The Morgan fingerprint density at radius 3 is 3.03 bits per heavy atom. The molecule has 0 saturated carbocycles. The van der Waals surface area contributed by atoms with Crippen molar-refractivity contribution < 1.29 is 23.8 Å². The number of aliphatic imine (C=N–C) groups is 1. The number of ether oxygens (including phenoxy) is 2. The van der Waals surface area contributed by atoms with Crippen molar-refractivity contribution in [1.82, 2.24) is 15.2 Å². The maximum absolute atomic E-state index is 13.8. The van der Waals surface area contributed by atoms with Gasteiger partial charge in [-0.25, -0.2) is 14.2 Å². The number of benzene rings is 1. The van der Waals surface area contributed by atoms with Gasteiger partial charge in [0.2, 0.25) is 0 Å². The van der Waals surface area contributed by atoms with Crippen LogP contribution in [0.25, 0.3) is 0 Å². The first-order chi connectivity index (χ1) is 15.9. The Morgan fingerprint density at radius 2 is 2.36 bits per heavy atom. The summed E-state index contributed by atoms with van der Waals surface area (Å²) >= 11 is 7.79. The number of fused-ring (bicyclic) bond motifs is 2. The highest BCUT2D eigenvalue weighted by Crippen LogP contribution is 2.40. The van der Waals surface area contributed by atoms with Crippen molar-refractivity contribution in [3.05, 3.63) is 62.5 Å². The number of carbonyl (C=O) groups is 1. The second-order valence-electron chi connectivity index (χ2n) is 8.31. The number of aromatic nitrogens is 1. The van der Waals surface area contributed by atoms with Crippen LogP contribution in [-0.4, -0.2) is 71.9 Å². The molecule has 1 aromatic heterocycles. The Kier molecular flexibility index (Phi) is 5.96. The van der Waals surface area contributed by atoms with Gasteiger partial charge in [-0.05, 0) is 18.6 Å². The van der Waals surface area contributed by atoms with Crippen LogP contribution in [0, 0.1) is 5.82 Å². The van der Waals surface area contributed by atoms with Gasteiger partial charge in [0.1, 0.15) is 17.5 Å². The van der Waals surface area contributed by atoms with E-state index in [1.165, 1.54) is 36.6 Å². The van der Waals surface area contributed by atoms with Gasteiger partial charge < -0.3 is 19.9 Å². The number of thiazole rings is 1. The number of methoxy groups -OCH3 is 1. The van der Waals surface area contributed by atoms with Crippen LogP contribution in [0.3, 0.4) is 0 Å². The number of rotatable bonds is 6. The van der Waals surface area contributed by atoms with E-state index in [0.717, 1.165) is 6.42 Å². The van der Waals surface area contributed by atoms with Crippen molar-refractivity contribution in [2.45, 2.75) is 24.1 Å². The molecular weight excluding hydrogens is 471 g/mol. The minimum absolute atomic E-state index is 0.0596. The molecule has 2 saturated heterocycles. The Morgan fingerprint density at radius 1 is 1.52 bits per heavy atom. The number of likely N-dealkylation sites (tertiary alicyclic amines) is 1. The first-order valence-corrected chi connectivity index (χ1v) is 11.7. The van der Waals surface area contributed by atoms with Gasteiger partial charge in [-0.15, -0.1) is 11.3 Å². The van der Waals surface area contributed by atoms with Crippen molar-refractivity contribution in [3.8, 4) is 0 Å². The summed E-state index contributed by atoms with van der Waals surface area (Å²) in [6, 6.07) is 3.35. The van der Waals surface area contributed by atoms with Gasteiger partial charge in [0.05, 0.1) is 25.9 Å². The van der Waals surface area contributed by atoms with Gasteiger partial charge in [-0.2, -0.15) is 0 Å². The molecule has 5 rings (SSSR count). The molecule has 3 atom stereocenters. The summed E-state index contributed by atoms with van der Waals surface area (Å²) in [6.07, 6.45) is 2.40. The monoisotopic (exact) mass is 492 g/mol. The SMILES string of the molecule is COC(=O)C1=C(CN2CC3(CO)CC2CO3)NC(c2nccs2)=N[C@H]1c1ccc(F)cc1Cl. The number of nitrogens with one attached hydrogen (secondary N) is 1. The molecule has 2 bridgehead atoms. The number of morpholine rings is 1. The van der Waals surface area contributed by atoms with Crippen LogP contribution in [-0.2, 0) is 14.3 Å². The van der Waals surface area contributed by atoms with E-state index in [4.69, 9.17) is 26.1 Å². The fraction of sp³-hybridized carbons (Fsp3) is 0.409. The van der Waals surface area contributed by atoms with Gasteiger partial charge in [-0.3, -0.25) is 9.89 Å². The molecule has 11 heteroatoms. The summed E-state index contributed by atoms with van der Waals surface area (Å²) in [6.45, 7) is 1.39. The lowest BCUT2D eigenvalue weighted by Crippen LogP contribution is -2.47. The highest BCUT2D eigenvalue weighted by atomic mass is 35.5. The summed E-state index contributed by atoms with van der Waals surface area (Å²) in [5.41, 5.74) is 0.822. The standard InChI is InChI=1S/C22H22ClFN4O4S/c1-31-21(30)17-16(8-28-10-22(11-29)7-13(28)9-32-22)26-19(20-25-4-5-33-20)27-18(17)14-3-2-12(24)6-15(14)23/h2-6,13,18,29H,7-11H2,1H3,(H,26,27)/t13?,18-,22?/m0/s1. The Balaban J connectivity index is 1.58. The molecule has 8 nitrogen and oxygen atoms in total. The zero-order valence-electron chi connectivity index (χ0n) is 17.8. The van der Waals surface area contributed by atoms with E-state index < -0.39 is 23.4 Å². The average molecular weight is 493 g/mol. The molecule has 33 heavy (non-hydrogen) atoms. The molecule has 0 aliphatic carbocycles. The normalized spacial score (nSPS) is 27.0. The van der Waals surface area contributed by atoms with Crippen LogP contribution >= 0.6 is 22.9 Å². The minimum Gasteiger partial charge on any atom is -0.466 e. The molecule has 4 heterocycles. The third-order valence-corrected chi connectivity index (χ3v) is 7.38. The third-order valence-electron chi connectivity index (χ3n) is 6.27. The van der Waals surface area contributed by atoms with Gasteiger partial charge >= 0.3 is 5.97 Å². The van der Waals surface area contributed by atoms with E-state index in [2.05, 4.69) is 15.2 Å². The molecule has 2 N–H and O–H groups in total. The molecular formula is C22H22ClFN4O4S. The molecule has 3 aliphatic rings. The molecule has 0 amide bonds. The van der Waals surface area contributed by atoms with Crippen LogP contribution in [0.2, 0.25) is 5.02 Å². The summed E-state index contributed by atoms with van der Waals surface area (Å²) in [4.78, 5) is 24.3. The zero-order chi connectivity index (χ0) is 23.2. The van der Waals surface area contributed by atoms with E-state index >= 15 is 0 Å². The van der Waals surface area contributed by atoms with E-state index in [1.54, 1.807) is 6.20 Å². The average Bonchev–Trinajstić information content (AvgIpc) is 3.55. The highest BCUT2D eigenvalue weighted by molar-refractivity contribution is 7.11. The quantitative estimate of drug-likeness (QED) is 0.597. The van der Waals surface area contributed by atoms with Gasteiger partial charge in [0.15, 0.2) is 10.8 Å². The van der Waals surface area contributed by atoms with Gasteiger partial charge in [-0.1, -0.05) is 17.7 Å². The highest BCUT2D eigenvalue weighted by Gasteiger charge is 2.51. The second kappa shape index (κ2) is 8.77. The lowest BCUT2D eigenvalue weighted by atomic mass is 9.95. The van der Waals surface area contributed by atoms with E-state index in [0.29, 0.717) is 47.4 Å². The number of carbonyl (C=O) groups excluding carboxylic acids is 1. The van der Waals surface area contributed by atoms with E-state index in [1.807, 2.05) is 5.38 Å². The predicted octanol–water partition coefficient (Wildman–Crippen LogP) is 2.29. The maximum atomic E-state index is 13.8. The fourth-order valence-electron chi connectivity index (χ4n) is 4.68. The number of aliphatic hydroxyl groups is 1. The first kappa shape index (κ1) is 22.4. The fourth-order valence-corrected chi connectivity index (χ4v) is 5.54. The number of hydrogen-bond donors (Lipinski definition) is 2. The molecule has 3 aliphatic heterocycles. The number of halogens is 2. The van der Waals surface area contributed by atoms with Crippen molar-refractivity contribution in [2.24, 2.45) is 4.99 Å². The molecule has 2 unspecified atom stereocenters. The summed E-state index contributed by atoms with van der Waals surface area (Å²) in [5, 5.41) is 15.8. The molecule has 1 aromatic carbocycles. The van der Waals surface area contributed by atoms with Crippen LogP contribution in [0.1, 0.15) is 23.0 Å². The van der Waals surface area contributed by atoms with Crippen LogP contribution in [0.4, 0.5) is 4.39 Å². The maximum Gasteiger partial charge on any atom is 0.338 e. The third kappa shape index (κ3) is 4.06. The number of nitrogens with zero attached hydrogens (tertiary/aromatic N) is 3. The lowest BCUT2D eigenvalue weighted by Gasteiger charge is -2.34. The van der Waals surface area contributed by atoms with Crippen LogP contribution in [0.15, 0.2) is 46.0 Å². The van der Waals surface area contributed by atoms with Crippen molar-refractivity contribution in [3.63, 3.8) is 0 Å². The van der Waals surface area contributed by atoms with Gasteiger partial charge in [0, 0.05) is 47.0 Å². The number of aliphatic hydroxyl groups excluding tert-OH is 1. The largest absolute Gasteiger partial charge is 0.466 e. The van der Waals surface area contributed by atoms with Crippen molar-refractivity contribution >= 4 is 34.7 Å². The summed E-state index contributed by atoms with van der Waals surface area (Å²) < 4.78 is 24.7. The van der Waals surface area contributed by atoms with Crippen LogP contribution in [0.5, 0.6) is 0 Å². The van der Waals surface area contributed by atoms with Gasteiger partial charge in [0.25, 0.3) is 0 Å². The minimum atomic E-state index is -0.802.